The first-order chi connectivity index (χ1) is 8.13. The minimum Gasteiger partial charge on any atom is -0.335 e. The van der Waals surface area contributed by atoms with Gasteiger partial charge in [-0.25, -0.2) is 0 Å². The van der Waals surface area contributed by atoms with Gasteiger partial charge in [-0.15, -0.1) is 0 Å². The van der Waals surface area contributed by atoms with Crippen molar-refractivity contribution in [2.75, 3.05) is 13.1 Å². The largest absolute Gasteiger partial charge is 0.335 e. The standard InChI is InChI=1S/C14H26N2O/c1-4-6-11(3)14(17)16-8-7-12(5-2)9-13(16)10-15/h6,12-13H,4-5,7-10,15H2,1-3H3/b11-6-. The van der Waals surface area contributed by atoms with E-state index >= 15 is 0 Å². The first-order valence-corrected chi connectivity index (χ1v) is 6.81. The molecule has 3 nitrogen and oxygen atoms in total. The molecule has 0 radical (unpaired) electrons. The summed E-state index contributed by atoms with van der Waals surface area (Å²) in [4.78, 5) is 14.2. The Labute approximate surface area is 105 Å². The molecule has 1 aliphatic rings. The van der Waals surface area contributed by atoms with Gasteiger partial charge in [0.1, 0.15) is 0 Å². The number of allylic oxidation sites excluding steroid dienone is 1. The fraction of sp³-hybridized carbons (Fsp3) is 0.786. The van der Waals surface area contributed by atoms with Gasteiger partial charge < -0.3 is 10.6 Å². The highest BCUT2D eigenvalue weighted by atomic mass is 16.2. The molecule has 0 aromatic carbocycles. The Morgan fingerprint density at radius 3 is 2.71 bits per heavy atom. The highest BCUT2D eigenvalue weighted by Crippen LogP contribution is 2.26. The van der Waals surface area contributed by atoms with E-state index < -0.39 is 0 Å². The van der Waals surface area contributed by atoms with Gasteiger partial charge >= 0.3 is 0 Å². The number of rotatable bonds is 4. The van der Waals surface area contributed by atoms with Crippen molar-refractivity contribution in [2.24, 2.45) is 11.7 Å². The molecule has 0 spiro atoms. The lowest BCUT2D eigenvalue weighted by molar-refractivity contribution is -0.131. The Balaban J connectivity index is 2.70. The summed E-state index contributed by atoms with van der Waals surface area (Å²) in [5.74, 6) is 0.917. The van der Waals surface area contributed by atoms with E-state index in [2.05, 4.69) is 13.8 Å². The molecular formula is C14H26N2O. The minimum absolute atomic E-state index is 0.178. The zero-order valence-electron chi connectivity index (χ0n) is 11.4. The summed E-state index contributed by atoms with van der Waals surface area (Å²) < 4.78 is 0. The van der Waals surface area contributed by atoms with E-state index in [9.17, 15) is 4.79 Å². The normalized spacial score (nSPS) is 26.1. The van der Waals surface area contributed by atoms with Crippen molar-refractivity contribution in [3.05, 3.63) is 11.6 Å². The molecule has 2 atom stereocenters. The van der Waals surface area contributed by atoms with Crippen LogP contribution in [0.15, 0.2) is 11.6 Å². The zero-order valence-corrected chi connectivity index (χ0v) is 11.4. The predicted molar refractivity (Wildman–Crippen MR) is 71.6 cm³/mol. The Hall–Kier alpha value is -0.830. The van der Waals surface area contributed by atoms with Crippen molar-refractivity contribution in [1.82, 2.24) is 4.90 Å². The highest BCUT2D eigenvalue weighted by Gasteiger charge is 2.30. The van der Waals surface area contributed by atoms with Crippen LogP contribution in [0.4, 0.5) is 0 Å². The second-order valence-electron chi connectivity index (χ2n) is 4.98. The molecule has 17 heavy (non-hydrogen) atoms. The molecule has 0 aliphatic carbocycles. The molecule has 1 fully saturated rings. The third kappa shape index (κ3) is 3.56. The molecule has 0 aromatic heterocycles. The third-order valence-electron chi connectivity index (χ3n) is 3.78. The van der Waals surface area contributed by atoms with E-state index in [0.29, 0.717) is 6.54 Å². The Bertz CT molecular complexity index is 286. The molecule has 0 bridgehead atoms. The number of hydrogen-bond acceptors (Lipinski definition) is 2. The van der Waals surface area contributed by atoms with Gasteiger partial charge in [0.2, 0.25) is 5.91 Å². The maximum atomic E-state index is 12.3. The molecule has 0 saturated carbocycles. The number of carbonyl (C=O) groups is 1. The zero-order chi connectivity index (χ0) is 12.8. The number of amides is 1. The average molecular weight is 238 g/mol. The molecule has 1 saturated heterocycles. The Morgan fingerprint density at radius 1 is 1.47 bits per heavy atom. The van der Waals surface area contributed by atoms with Gasteiger partial charge in [0.25, 0.3) is 0 Å². The van der Waals surface area contributed by atoms with Gasteiger partial charge in [0, 0.05) is 24.7 Å². The molecule has 1 aliphatic heterocycles. The number of nitrogens with zero attached hydrogens (tertiary/aromatic N) is 1. The molecule has 2 unspecified atom stereocenters. The van der Waals surface area contributed by atoms with E-state index in [4.69, 9.17) is 5.73 Å². The molecule has 98 valence electrons. The predicted octanol–water partition coefficient (Wildman–Crippen LogP) is 2.32. The molecule has 2 N–H and O–H groups in total. The van der Waals surface area contributed by atoms with Crippen LogP contribution in [0.2, 0.25) is 0 Å². The van der Waals surface area contributed by atoms with Crippen LogP contribution in [0.5, 0.6) is 0 Å². The number of carbonyl (C=O) groups excluding carboxylic acids is 1. The highest BCUT2D eigenvalue weighted by molar-refractivity contribution is 5.93. The van der Waals surface area contributed by atoms with Gasteiger partial charge in [-0.2, -0.15) is 0 Å². The van der Waals surface area contributed by atoms with Gasteiger partial charge in [-0.1, -0.05) is 26.3 Å². The van der Waals surface area contributed by atoms with Gasteiger partial charge in [0.15, 0.2) is 0 Å². The molecule has 0 aromatic rings. The fourth-order valence-corrected chi connectivity index (χ4v) is 2.62. The van der Waals surface area contributed by atoms with Crippen molar-refractivity contribution in [1.29, 1.82) is 0 Å². The number of hydrogen-bond donors (Lipinski definition) is 1. The number of nitrogens with two attached hydrogens (primary N) is 1. The summed E-state index contributed by atoms with van der Waals surface area (Å²) in [5, 5.41) is 0. The molecule has 1 amide bonds. The van der Waals surface area contributed by atoms with E-state index in [1.807, 2.05) is 17.9 Å². The second kappa shape index (κ2) is 6.80. The van der Waals surface area contributed by atoms with Gasteiger partial charge in [-0.05, 0) is 32.1 Å². The van der Waals surface area contributed by atoms with Gasteiger partial charge in [-0.3, -0.25) is 4.79 Å². The molecular weight excluding hydrogens is 212 g/mol. The summed E-state index contributed by atoms with van der Waals surface area (Å²) in [5.41, 5.74) is 6.67. The molecule has 1 rings (SSSR count). The number of piperidine rings is 1. The molecule has 1 heterocycles. The first kappa shape index (κ1) is 14.2. The van der Waals surface area contributed by atoms with Crippen LogP contribution < -0.4 is 5.73 Å². The van der Waals surface area contributed by atoms with Crippen molar-refractivity contribution < 1.29 is 4.79 Å². The number of likely N-dealkylation sites (tertiary alicyclic amines) is 1. The van der Waals surface area contributed by atoms with E-state index in [-0.39, 0.29) is 11.9 Å². The summed E-state index contributed by atoms with van der Waals surface area (Å²) in [6.45, 7) is 7.64. The van der Waals surface area contributed by atoms with Crippen molar-refractivity contribution in [3.63, 3.8) is 0 Å². The van der Waals surface area contributed by atoms with E-state index in [1.165, 1.54) is 6.42 Å². The van der Waals surface area contributed by atoms with Crippen molar-refractivity contribution in [3.8, 4) is 0 Å². The van der Waals surface area contributed by atoms with Gasteiger partial charge in [0.05, 0.1) is 0 Å². The van der Waals surface area contributed by atoms with E-state index in [0.717, 1.165) is 37.3 Å². The Kier molecular flexibility index (Phi) is 5.69. The summed E-state index contributed by atoms with van der Waals surface area (Å²) in [6, 6.07) is 0.237. The van der Waals surface area contributed by atoms with E-state index in [1.54, 1.807) is 0 Å². The van der Waals surface area contributed by atoms with Crippen LogP contribution >= 0.6 is 0 Å². The maximum absolute atomic E-state index is 12.3. The fourth-order valence-electron chi connectivity index (χ4n) is 2.62. The monoisotopic (exact) mass is 238 g/mol. The average Bonchev–Trinajstić information content (AvgIpc) is 2.37. The third-order valence-corrected chi connectivity index (χ3v) is 3.78. The van der Waals surface area contributed by atoms with Crippen molar-refractivity contribution in [2.45, 2.75) is 52.5 Å². The van der Waals surface area contributed by atoms with Crippen LogP contribution in [0, 0.1) is 5.92 Å². The maximum Gasteiger partial charge on any atom is 0.249 e. The Morgan fingerprint density at radius 2 is 2.18 bits per heavy atom. The summed E-state index contributed by atoms with van der Waals surface area (Å²) in [7, 11) is 0. The van der Waals surface area contributed by atoms with Crippen LogP contribution in [-0.2, 0) is 4.79 Å². The minimum atomic E-state index is 0.178. The second-order valence-corrected chi connectivity index (χ2v) is 4.98. The van der Waals surface area contributed by atoms with Crippen LogP contribution in [0.1, 0.15) is 46.5 Å². The van der Waals surface area contributed by atoms with Crippen LogP contribution in [-0.4, -0.2) is 29.9 Å². The smallest absolute Gasteiger partial charge is 0.249 e. The quantitative estimate of drug-likeness (QED) is 0.764. The lowest BCUT2D eigenvalue weighted by Crippen LogP contribution is -2.49. The summed E-state index contributed by atoms with van der Waals surface area (Å²) >= 11 is 0. The first-order valence-electron chi connectivity index (χ1n) is 6.81. The SMILES string of the molecule is CC/C=C(/C)C(=O)N1CCC(CC)CC1CN. The summed E-state index contributed by atoms with van der Waals surface area (Å²) in [6.07, 6.45) is 6.30. The molecule has 3 heteroatoms. The van der Waals surface area contributed by atoms with Crippen LogP contribution in [0.25, 0.3) is 0 Å². The lowest BCUT2D eigenvalue weighted by Gasteiger charge is -2.39. The van der Waals surface area contributed by atoms with Crippen LogP contribution in [0.3, 0.4) is 0 Å². The lowest BCUT2D eigenvalue weighted by atomic mass is 9.88. The topological polar surface area (TPSA) is 46.3 Å². The van der Waals surface area contributed by atoms with Crippen molar-refractivity contribution >= 4 is 5.91 Å².